The average Bonchev–Trinajstić information content (AvgIpc) is 1.77. The van der Waals surface area contributed by atoms with Gasteiger partial charge in [0, 0.05) is 0 Å². The molecule has 0 radical (unpaired) electrons. The fraction of sp³-hybridized carbons (Fsp3) is 1.00. The summed E-state index contributed by atoms with van der Waals surface area (Å²) in [5.41, 5.74) is 0. The monoisotopic (exact) mass is 270 g/mol. The molecule has 1 atom stereocenters. The van der Waals surface area contributed by atoms with Crippen LogP contribution in [0.15, 0.2) is 0 Å². The molecule has 0 aromatic heterocycles. The van der Waals surface area contributed by atoms with Crippen molar-refractivity contribution < 1.29 is 44.3 Å². The second-order valence-corrected chi connectivity index (χ2v) is 2.62. The number of hydrogen-bond acceptors (Lipinski definition) is 1. The summed E-state index contributed by atoms with van der Waals surface area (Å²) in [5.74, 6) is 0. The number of halogens is 10. The van der Waals surface area contributed by atoms with E-state index in [1.165, 1.54) is 0 Å². The molecule has 15 heavy (non-hydrogen) atoms. The van der Waals surface area contributed by atoms with E-state index in [4.69, 9.17) is 0 Å². The van der Waals surface area contributed by atoms with Crippen molar-refractivity contribution in [3.05, 3.63) is 0 Å². The van der Waals surface area contributed by atoms with E-state index in [0.29, 0.717) is 0 Å². The van der Waals surface area contributed by atoms with Gasteiger partial charge in [0.2, 0.25) is 0 Å². The Labute approximate surface area is 80.7 Å². The molecule has 0 aromatic carbocycles. The molecular formula is C4ClF9O. The van der Waals surface area contributed by atoms with E-state index in [-0.39, 0.29) is 0 Å². The summed E-state index contributed by atoms with van der Waals surface area (Å²) in [7, 11) is 0. The third-order valence-electron chi connectivity index (χ3n) is 0.916. The lowest BCUT2D eigenvalue weighted by Crippen LogP contribution is -2.49. The van der Waals surface area contributed by atoms with Crippen LogP contribution in [0.25, 0.3) is 0 Å². The maximum Gasteiger partial charge on any atom is 0.483 e. The van der Waals surface area contributed by atoms with Crippen molar-refractivity contribution in [3.63, 3.8) is 0 Å². The highest BCUT2D eigenvalue weighted by Gasteiger charge is 2.69. The van der Waals surface area contributed by atoms with E-state index in [0.717, 1.165) is 0 Å². The third-order valence-corrected chi connectivity index (χ3v) is 1.21. The van der Waals surface area contributed by atoms with Crippen molar-refractivity contribution in [1.29, 1.82) is 0 Å². The van der Waals surface area contributed by atoms with E-state index < -0.39 is 23.8 Å². The van der Waals surface area contributed by atoms with Gasteiger partial charge in [0.15, 0.2) is 0 Å². The molecule has 0 aromatic rings. The minimum absolute atomic E-state index is 1.87. The minimum Gasteiger partial charge on any atom is -0.255 e. The van der Waals surface area contributed by atoms with Crippen LogP contribution in [0, 0.1) is 0 Å². The lowest BCUT2D eigenvalue weighted by atomic mass is 10.5. The van der Waals surface area contributed by atoms with Crippen molar-refractivity contribution in [2.75, 3.05) is 0 Å². The lowest BCUT2D eigenvalue weighted by molar-refractivity contribution is -0.450. The molecule has 0 saturated heterocycles. The predicted molar refractivity (Wildman–Crippen MR) is 27.8 cm³/mol. The summed E-state index contributed by atoms with van der Waals surface area (Å²) >= 11 is 3.71. The lowest BCUT2D eigenvalue weighted by Gasteiger charge is -2.27. The van der Waals surface area contributed by atoms with Gasteiger partial charge in [-0.05, 0) is 11.6 Å². The summed E-state index contributed by atoms with van der Waals surface area (Å²) in [4.78, 5) is 0. The maximum atomic E-state index is 12.1. The zero-order valence-electron chi connectivity index (χ0n) is 6.19. The Bertz CT molecular complexity index is 203. The summed E-state index contributed by atoms with van der Waals surface area (Å²) in [5, 5.41) is -5.62. The van der Waals surface area contributed by atoms with E-state index in [1.807, 2.05) is 4.74 Å². The highest BCUT2D eigenvalue weighted by molar-refractivity contribution is 6.22. The third kappa shape index (κ3) is 3.30. The molecule has 0 saturated carbocycles. The van der Waals surface area contributed by atoms with Crippen LogP contribution in [0.2, 0.25) is 0 Å². The van der Waals surface area contributed by atoms with Crippen molar-refractivity contribution >= 4 is 11.6 Å². The van der Waals surface area contributed by atoms with Gasteiger partial charge in [0.05, 0.1) is 0 Å². The normalized spacial score (nSPS) is 18.8. The summed E-state index contributed by atoms with van der Waals surface area (Å²) in [6.45, 7) is 0. The van der Waals surface area contributed by atoms with Crippen LogP contribution in [-0.2, 0) is 4.74 Å². The minimum atomic E-state index is -6.51. The maximum absolute atomic E-state index is 12.1. The SMILES string of the molecule is FC(F)(F)C(F)(F)OC(F)(Cl)C(F)(F)F. The van der Waals surface area contributed by atoms with Gasteiger partial charge < -0.3 is 0 Å². The predicted octanol–water partition coefficient (Wildman–Crippen LogP) is 3.58. The van der Waals surface area contributed by atoms with Gasteiger partial charge in [-0.15, -0.1) is 0 Å². The molecule has 0 aliphatic heterocycles. The first-order chi connectivity index (χ1) is 6.21. The van der Waals surface area contributed by atoms with Crippen molar-refractivity contribution in [2.45, 2.75) is 23.8 Å². The average molecular weight is 270 g/mol. The Morgan fingerprint density at radius 1 is 0.667 bits per heavy atom. The Balaban J connectivity index is 4.89. The molecule has 0 aliphatic rings. The van der Waals surface area contributed by atoms with Gasteiger partial charge in [-0.1, -0.05) is 0 Å². The quantitative estimate of drug-likeness (QED) is 0.550. The smallest absolute Gasteiger partial charge is 0.255 e. The van der Waals surface area contributed by atoms with E-state index in [2.05, 4.69) is 11.6 Å². The van der Waals surface area contributed by atoms with E-state index >= 15 is 0 Å². The summed E-state index contributed by atoms with van der Waals surface area (Å²) in [6, 6.07) is 0. The molecule has 0 aliphatic carbocycles. The number of alkyl halides is 10. The summed E-state index contributed by atoms with van der Waals surface area (Å²) < 4.78 is 106. The second kappa shape index (κ2) is 3.58. The van der Waals surface area contributed by atoms with Gasteiger partial charge in [-0.3, -0.25) is 4.74 Å². The number of hydrogen-bond donors (Lipinski definition) is 0. The zero-order chi connectivity index (χ0) is 12.7. The van der Waals surface area contributed by atoms with Crippen LogP contribution in [0.1, 0.15) is 0 Å². The first-order valence-corrected chi connectivity index (χ1v) is 3.18. The molecule has 0 amide bonds. The molecule has 92 valence electrons. The molecule has 0 N–H and O–H groups in total. The fourth-order valence-electron chi connectivity index (χ4n) is 0.277. The molecule has 0 fully saturated rings. The first-order valence-electron chi connectivity index (χ1n) is 2.80. The standard InChI is InChI=1S/C4ClF9O/c5-1(6,2(7,8)9)15-4(13,14)3(10,11)12. The molecule has 1 unspecified atom stereocenters. The van der Waals surface area contributed by atoms with Crippen molar-refractivity contribution in [2.24, 2.45) is 0 Å². The first kappa shape index (κ1) is 14.6. The number of ether oxygens (including phenoxy) is 1. The second-order valence-electron chi connectivity index (χ2n) is 2.13. The van der Waals surface area contributed by atoms with Gasteiger partial charge in [0.1, 0.15) is 0 Å². The molecule has 1 nitrogen and oxygen atoms in total. The van der Waals surface area contributed by atoms with Gasteiger partial charge >= 0.3 is 23.8 Å². The topological polar surface area (TPSA) is 9.23 Å². The highest BCUT2D eigenvalue weighted by atomic mass is 35.5. The molecule has 11 heteroatoms. The Hall–Kier alpha value is -0.380. The Morgan fingerprint density at radius 3 is 1.20 bits per heavy atom. The van der Waals surface area contributed by atoms with Crippen molar-refractivity contribution in [1.82, 2.24) is 0 Å². The van der Waals surface area contributed by atoms with Crippen LogP contribution < -0.4 is 0 Å². The molecule has 0 bridgehead atoms. The van der Waals surface area contributed by atoms with Crippen LogP contribution in [0.5, 0.6) is 0 Å². The molecule has 0 spiro atoms. The van der Waals surface area contributed by atoms with Crippen molar-refractivity contribution in [3.8, 4) is 0 Å². The zero-order valence-corrected chi connectivity index (χ0v) is 6.94. The van der Waals surface area contributed by atoms with Crippen LogP contribution in [0.4, 0.5) is 39.5 Å². The molecule has 0 heterocycles. The fourth-order valence-corrected chi connectivity index (χ4v) is 0.374. The van der Waals surface area contributed by atoms with Gasteiger partial charge in [0.25, 0.3) is 0 Å². The highest BCUT2D eigenvalue weighted by Crippen LogP contribution is 2.46. The van der Waals surface area contributed by atoms with E-state index in [1.54, 1.807) is 0 Å². The Kier molecular flexibility index (Phi) is 3.49. The molecular weight excluding hydrogens is 270 g/mol. The van der Waals surface area contributed by atoms with Crippen LogP contribution in [0.3, 0.4) is 0 Å². The largest absolute Gasteiger partial charge is 0.483 e. The van der Waals surface area contributed by atoms with E-state index in [9.17, 15) is 39.5 Å². The van der Waals surface area contributed by atoms with Gasteiger partial charge in [-0.2, -0.15) is 39.5 Å². The van der Waals surface area contributed by atoms with Crippen LogP contribution in [-0.4, -0.2) is 23.8 Å². The number of rotatable bonds is 2. The summed E-state index contributed by atoms with van der Waals surface area (Å²) in [6.07, 6.45) is -19.1. The molecule has 0 rings (SSSR count). The van der Waals surface area contributed by atoms with Crippen LogP contribution >= 0.6 is 11.6 Å². The Morgan fingerprint density at radius 2 is 1.00 bits per heavy atom. The van der Waals surface area contributed by atoms with Gasteiger partial charge in [-0.25, -0.2) is 0 Å².